The van der Waals surface area contributed by atoms with Crippen LogP contribution >= 0.6 is 0 Å². The molecule has 0 heterocycles. The fraction of sp³-hybridized carbons (Fsp3) is 0.538. The van der Waals surface area contributed by atoms with Crippen molar-refractivity contribution in [3.8, 4) is 0 Å². The minimum atomic E-state index is -6.00. The fourth-order valence-corrected chi connectivity index (χ4v) is 1.98. The van der Waals surface area contributed by atoms with Crippen LogP contribution in [0.25, 0.3) is 0 Å². The predicted octanol–water partition coefficient (Wildman–Crippen LogP) is 1.95. The molecule has 0 N–H and O–H groups in total. The first-order valence-electron chi connectivity index (χ1n) is 6.46. The summed E-state index contributed by atoms with van der Waals surface area (Å²) >= 11 is 2.07. The monoisotopic (exact) mass is 390 g/mol. The highest BCUT2D eigenvalue weighted by Gasteiger charge is 2.20. The molecule has 0 aliphatic carbocycles. The zero-order valence-electron chi connectivity index (χ0n) is 11.0. The Balaban J connectivity index is 0.000000555. The van der Waals surface area contributed by atoms with Gasteiger partial charge in [-0.05, 0) is 30.5 Å². The minimum absolute atomic E-state index is 1.26. The Hall–Kier alpha value is -0.265. The SMILES string of the molecule is CCCCCCCc1ccc([IH+])cc1.F[B-](F)(F)F. The van der Waals surface area contributed by atoms with Crippen LogP contribution in [-0.4, -0.2) is 7.25 Å². The molecule has 1 aromatic rings. The van der Waals surface area contributed by atoms with E-state index in [-0.39, 0.29) is 0 Å². The van der Waals surface area contributed by atoms with Gasteiger partial charge in [0.05, 0.1) is 0 Å². The first-order valence-corrected chi connectivity index (χ1v) is 7.62. The lowest BCUT2D eigenvalue weighted by Crippen LogP contribution is -3.34. The lowest BCUT2D eigenvalue weighted by Gasteiger charge is -2.00. The maximum absolute atomic E-state index is 9.75. The molecule has 0 aliphatic rings. The predicted molar refractivity (Wildman–Crippen MR) is 69.2 cm³/mol. The maximum atomic E-state index is 9.75. The highest BCUT2D eigenvalue weighted by molar-refractivity contribution is 6.50. The molecule has 0 amide bonds. The highest BCUT2D eigenvalue weighted by atomic mass is 127. The van der Waals surface area contributed by atoms with E-state index >= 15 is 0 Å². The summed E-state index contributed by atoms with van der Waals surface area (Å²) in [6.45, 7) is 2.26. The second-order valence-corrected chi connectivity index (χ2v) is 5.65. The molecule has 1 rings (SSSR count). The van der Waals surface area contributed by atoms with E-state index in [1.165, 1.54) is 47.7 Å². The van der Waals surface area contributed by atoms with Crippen molar-refractivity contribution in [3.05, 3.63) is 33.4 Å². The van der Waals surface area contributed by atoms with Crippen molar-refractivity contribution in [2.24, 2.45) is 0 Å². The number of aryl methyl sites for hydroxylation is 1. The van der Waals surface area contributed by atoms with Gasteiger partial charge in [-0.3, -0.25) is 0 Å². The van der Waals surface area contributed by atoms with Crippen LogP contribution in [0.4, 0.5) is 17.3 Å². The van der Waals surface area contributed by atoms with Crippen molar-refractivity contribution in [1.82, 2.24) is 0 Å². The van der Waals surface area contributed by atoms with E-state index in [1.54, 1.807) is 0 Å². The first-order chi connectivity index (χ1) is 8.83. The summed E-state index contributed by atoms with van der Waals surface area (Å²) in [5.74, 6) is 0. The molecular weight excluding hydrogens is 370 g/mol. The summed E-state index contributed by atoms with van der Waals surface area (Å²) in [4.78, 5) is 0. The van der Waals surface area contributed by atoms with Gasteiger partial charge in [0, 0.05) is 0 Å². The van der Waals surface area contributed by atoms with Crippen molar-refractivity contribution < 1.29 is 39.9 Å². The zero-order valence-corrected chi connectivity index (χ0v) is 13.4. The Kier molecular flexibility index (Phi) is 10.4. The lowest BCUT2D eigenvalue weighted by atomic mass is 10.1. The molecule has 1 aromatic carbocycles. The number of unbranched alkanes of at least 4 members (excludes halogenated alkanes) is 4. The second-order valence-electron chi connectivity index (χ2n) is 4.30. The third kappa shape index (κ3) is 15.7. The van der Waals surface area contributed by atoms with E-state index in [0.29, 0.717) is 0 Å². The van der Waals surface area contributed by atoms with Crippen molar-refractivity contribution >= 4 is 7.25 Å². The number of halogens is 5. The number of hydrogen-bond donors (Lipinski definition) is 0. The second kappa shape index (κ2) is 10.5. The van der Waals surface area contributed by atoms with Gasteiger partial charge in [-0.2, -0.15) is 0 Å². The van der Waals surface area contributed by atoms with Crippen LogP contribution < -0.4 is 22.6 Å². The van der Waals surface area contributed by atoms with Crippen LogP contribution in [-0.2, 0) is 6.42 Å². The van der Waals surface area contributed by atoms with Gasteiger partial charge in [-0.15, -0.1) is 0 Å². The third-order valence-corrected chi connectivity index (χ3v) is 3.27. The smallest absolute Gasteiger partial charge is 0.418 e. The fourth-order valence-electron chi connectivity index (χ4n) is 1.59. The Morgan fingerprint density at radius 2 is 1.37 bits per heavy atom. The summed E-state index contributed by atoms with van der Waals surface area (Å²) in [5.41, 5.74) is 1.49. The van der Waals surface area contributed by atoms with Crippen LogP contribution in [0.1, 0.15) is 44.6 Å². The summed E-state index contributed by atoms with van der Waals surface area (Å²) in [7, 11) is -6.00. The van der Waals surface area contributed by atoms with Crippen LogP contribution in [0.15, 0.2) is 24.3 Å². The average Bonchev–Trinajstić information content (AvgIpc) is 2.29. The van der Waals surface area contributed by atoms with Crippen molar-refractivity contribution in [3.63, 3.8) is 0 Å². The van der Waals surface area contributed by atoms with E-state index in [2.05, 4.69) is 53.8 Å². The van der Waals surface area contributed by atoms with Crippen LogP contribution in [0.3, 0.4) is 0 Å². The molecule has 0 aromatic heterocycles. The van der Waals surface area contributed by atoms with E-state index in [1.807, 2.05) is 0 Å². The Morgan fingerprint density at radius 3 is 1.84 bits per heavy atom. The van der Waals surface area contributed by atoms with Gasteiger partial charge in [0.25, 0.3) is 22.6 Å². The quantitative estimate of drug-likeness (QED) is 0.302. The molecule has 0 atom stereocenters. The van der Waals surface area contributed by atoms with E-state index in [9.17, 15) is 17.3 Å². The topological polar surface area (TPSA) is 0 Å². The molecule has 0 nitrogen and oxygen atoms in total. The zero-order chi connectivity index (χ0) is 14.7. The first kappa shape index (κ1) is 18.7. The van der Waals surface area contributed by atoms with Gasteiger partial charge in [0.1, 0.15) is 0 Å². The molecular formula is C13H20BF4I. The molecule has 110 valence electrons. The number of rotatable bonds is 6. The molecule has 0 aliphatic heterocycles. The summed E-state index contributed by atoms with van der Waals surface area (Å²) in [6, 6.07) is 8.95. The van der Waals surface area contributed by atoms with E-state index < -0.39 is 7.25 Å². The summed E-state index contributed by atoms with van der Waals surface area (Å²) in [6.07, 6.45) is 8.14. The van der Waals surface area contributed by atoms with E-state index in [4.69, 9.17) is 0 Å². The Labute approximate surface area is 126 Å². The Bertz CT molecular complexity index is 318. The normalized spacial score (nSPS) is 10.8. The molecule has 0 radical (unpaired) electrons. The van der Waals surface area contributed by atoms with Gasteiger partial charge in [0.15, 0.2) is 3.57 Å². The number of benzene rings is 1. The summed E-state index contributed by atoms with van der Waals surface area (Å²) < 4.78 is 40.4. The minimum Gasteiger partial charge on any atom is -0.418 e. The molecule has 0 saturated heterocycles. The molecule has 0 bridgehead atoms. The number of hydrogen-bond acceptors (Lipinski definition) is 0. The van der Waals surface area contributed by atoms with Gasteiger partial charge in [0.2, 0.25) is 0 Å². The van der Waals surface area contributed by atoms with Gasteiger partial charge < -0.3 is 17.3 Å². The summed E-state index contributed by atoms with van der Waals surface area (Å²) in [5, 5.41) is 0. The van der Waals surface area contributed by atoms with Gasteiger partial charge in [-0.1, -0.05) is 44.7 Å². The molecule has 0 unspecified atom stereocenters. The van der Waals surface area contributed by atoms with Crippen molar-refractivity contribution in [2.45, 2.75) is 45.4 Å². The highest BCUT2D eigenvalue weighted by Crippen LogP contribution is 2.08. The molecule has 0 fully saturated rings. The van der Waals surface area contributed by atoms with Gasteiger partial charge >= 0.3 is 7.25 Å². The van der Waals surface area contributed by atoms with Gasteiger partial charge in [-0.25, -0.2) is 0 Å². The van der Waals surface area contributed by atoms with Crippen LogP contribution in [0.2, 0.25) is 0 Å². The van der Waals surface area contributed by atoms with Crippen molar-refractivity contribution in [2.75, 3.05) is 0 Å². The largest absolute Gasteiger partial charge is 0.673 e. The standard InChI is InChI=1S/C13H20I.BF4/c1-2-3-4-5-6-7-12-8-10-13(14)11-9-12;2-1(3,4)5/h8-11,14H,2-7H2,1H3;/q+1;-1. The molecule has 6 heteroatoms. The average molecular weight is 390 g/mol. The van der Waals surface area contributed by atoms with Crippen LogP contribution in [0, 0.1) is 3.57 Å². The molecule has 0 spiro atoms. The molecule has 19 heavy (non-hydrogen) atoms. The third-order valence-electron chi connectivity index (χ3n) is 2.49. The van der Waals surface area contributed by atoms with Crippen LogP contribution in [0.5, 0.6) is 0 Å². The van der Waals surface area contributed by atoms with Crippen molar-refractivity contribution in [1.29, 1.82) is 0 Å². The maximum Gasteiger partial charge on any atom is 0.673 e. The lowest BCUT2D eigenvalue weighted by molar-refractivity contribution is -0.328. The van der Waals surface area contributed by atoms with E-state index in [0.717, 1.165) is 0 Å². The Morgan fingerprint density at radius 1 is 0.895 bits per heavy atom. The molecule has 0 saturated carbocycles.